The number of thiophene rings is 1. The number of aryl methyl sites for hydroxylation is 1. The molecule has 26 heavy (non-hydrogen) atoms. The van der Waals surface area contributed by atoms with E-state index in [1.165, 1.54) is 16.9 Å². The summed E-state index contributed by atoms with van der Waals surface area (Å²) in [6.07, 6.45) is 3.14. The van der Waals surface area contributed by atoms with Crippen LogP contribution in [0.5, 0.6) is 0 Å². The second-order valence-electron chi connectivity index (χ2n) is 7.74. The molecule has 0 saturated heterocycles. The lowest BCUT2D eigenvalue weighted by molar-refractivity contribution is 0.313. The zero-order valence-electron chi connectivity index (χ0n) is 14.7. The fraction of sp³-hybridized carbons (Fsp3) is 0.286. The molecule has 1 aromatic carbocycles. The van der Waals surface area contributed by atoms with Gasteiger partial charge in [-0.3, -0.25) is 0 Å². The van der Waals surface area contributed by atoms with E-state index in [1.54, 1.807) is 0 Å². The van der Waals surface area contributed by atoms with E-state index in [4.69, 9.17) is 9.40 Å². The van der Waals surface area contributed by atoms with Crippen molar-refractivity contribution < 1.29 is 4.42 Å². The molecular weight excluding hydrogens is 344 g/mol. The van der Waals surface area contributed by atoms with Crippen molar-refractivity contribution in [2.45, 2.75) is 33.1 Å². The Labute approximate surface area is 154 Å². The van der Waals surface area contributed by atoms with Crippen molar-refractivity contribution >= 4 is 31.8 Å². The number of rotatable bonds is 1. The molecule has 0 radical (unpaired) electrons. The van der Waals surface area contributed by atoms with E-state index in [9.17, 15) is 4.79 Å². The second-order valence-corrected chi connectivity index (χ2v) is 8.74. The third-order valence-corrected chi connectivity index (χ3v) is 6.21. The van der Waals surface area contributed by atoms with E-state index in [0.717, 1.165) is 40.7 Å². The van der Waals surface area contributed by atoms with Gasteiger partial charge in [-0.2, -0.15) is 0 Å². The molecule has 0 spiro atoms. The summed E-state index contributed by atoms with van der Waals surface area (Å²) in [7, 11) is 0. The highest BCUT2D eigenvalue weighted by atomic mass is 32.1. The number of fused-ring (bicyclic) bond motifs is 4. The quantitative estimate of drug-likeness (QED) is 0.479. The number of hydrogen-bond acceptors (Lipinski definition) is 5. The van der Waals surface area contributed by atoms with Gasteiger partial charge < -0.3 is 4.42 Å². The maximum atomic E-state index is 12.5. The third-order valence-electron chi connectivity index (χ3n) is 5.14. The van der Waals surface area contributed by atoms with Crippen molar-refractivity contribution in [3.8, 4) is 11.5 Å². The average Bonchev–Trinajstić information content (AvgIpc) is 2.98. The summed E-state index contributed by atoms with van der Waals surface area (Å²) in [6.45, 7) is 4.60. The maximum Gasteiger partial charge on any atom is 0.357 e. The van der Waals surface area contributed by atoms with Gasteiger partial charge in [0, 0.05) is 16.6 Å². The Morgan fingerprint density at radius 3 is 2.77 bits per heavy atom. The van der Waals surface area contributed by atoms with E-state index in [0.29, 0.717) is 16.1 Å². The van der Waals surface area contributed by atoms with Crippen LogP contribution in [0.15, 0.2) is 45.6 Å². The van der Waals surface area contributed by atoms with Crippen LogP contribution in [0.25, 0.3) is 31.9 Å². The number of aromatic nitrogens is 2. The molecule has 0 amide bonds. The topological polar surface area (TPSA) is 56.0 Å². The summed E-state index contributed by atoms with van der Waals surface area (Å²) in [5, 5.41) is 0.964. The standard InChI is InChI=1S/C21H18N2O2S/c1-21(2)9-8-15-13(11-21)10-14-16-17(26-19(14)22-15)20(24)25-18(23-16)12-6-4-3-5-7-12/h3-7,10H,8-9,11H2,1-2H3. The summed E-state index contributed by atoms with van der Waals surface area (Å²) in [5.41, 5.74) is 3.91. The van der Waals surface area contributed by atoms with E-state index >= 15 is 0 Å². The monoisotopic (exact) mass is 362 g/mol. The van der Waals surface area contributed by atoms with Crippen molar-refractivity contribution in [2.75, 3.05) is 0 Å². The summed E-state index contributed by atoms with van der Waals surface area (Å²) >= 11 is 1.39. The van der Waals surface area contributed by atoms with Crippen LogP contribution in [-0.4, -0.2) is 9.97 Å². The number of hydrogen-bond donors (Lipinski definition) is 0. The first kappa shape index (κ1) is 15.7. The van der Waals surface area contributed by atoms with Crippen LogP contribution in [0.4, 0.5) is 0 Å². The summed E-state index contributed by atoms with van der Waals surface area (Å²) in [6, 6.07) is 11.7. The second kappa shape index (κ2) is 5.48. The predicted molar refractivity (Wildman–Crippen MR) is 105 cm³/mol. The van der Waals surface area contributed by atoms with Crippen molar-refractivity contribution in [3.63, 3.8) is 0 Å². The van der Waals surface area contributed by atoms with E-state index in [1.807, 2.05) is 30.3 Å². The summed E-state index contributed by atoms with van der Waals surface area (Å²) in [4.78, 5) is 23.0. The lowest BCUT2D eigenvalue weighted by atomic mass is 9.76. The molecule has 0 fully saturated rings. The van der Waals surface area contributed by atoms with E-state index in [-0.39, 0.29) is 11.0 Å². The van der Waals surface area contributed by atoms with Gasteiger partial charge in [-0.25, -0.2) is 14.8 Å². The van der Waals surface area contributed by atoms with Gasteiger partial charge in [-0.15, -0.1) is 11.3 Å². The molecule has 3 aromatic heterocycles. The molecular formula is C21H18N2O2S. The largest absolute Gasteiger partial charge is 0.403 e. The Morgan fingerprint density at radius 2 is 1.96 bits per heavy atom. The third kappa shape index (κ3) is 2.46. The van der Waals surface area contributed by atoms with Gasteiger partial charge in [0.05, 0.1) is 0 Å². The SMILES string of the molecule is CC1(C)CCc2nc3sc4c(=O)oc(-c5ccccc5)nc4c3cc2C1. The van der Waals surface area contributed by atoms with Gasteiger partial charge in [-0.05, 0) is 48.4 Å². The highest BCUT2D eigenvalue weighted by Gasteiger charge is 2.27. The normalized spacial score (nSPS) is 16.1. The molecule has 0 unspecified atom stereocenters. The molecule has 0 saturated carbocycles. The smallest absolute Gasteiger partial charge is 0.357 e. The lowest BCUT2D eigenvalue weighted by Gasteiger charge is -2.30. The van der Waals surface area contributed by atoms with Crippen molar-refractivity contribution in [3.05, 3.63) is 58.1 Å². The molecule has 0 bridgehead atoms. The Bertz CT molecular complexity index is 1210. The molecule has 5 rings (SSSR count). The average molecular weight is 362 g/mol. The highest BCUT2D eigenvalue weighted by molar-refractivity contribution is 7.25. The van der Waals surface area contributed by atoms with Crippen LogP contribution in [0, 0.1) is 5.41 Å². The fourth-order valence-corrected chi connectivity index (χ4v) is 4.72. The van der Waals surface area contributed by atoms with Crippen LogP contribution in [0.2, 0.25) is 0 Å². The van der Waals surface area contributed by atoms with Crippen LogP contribution in [-0.2, 0) is 12.8 Å². The van der Waals surface area contributed by atoms with Gasteiger partial charge in [-0.1, -0.05) is 32.0 Å². The molecule has 4 aromatic rings. The summed E-state index contributed by atoms with van der Waals surface area (Å²) < 4.78 is 6.03. The van der Waals surface area contributed by atoms with E-state index in [2.05, 4.69) is 24.9 Å². The van der Waals surface area contributed by atoms with Gasteiger partial charge in [0.25, 0.3) is 0 Å². The molecule has 0 atom stereocenters. The van der Waals surface area contributed by atoms with Gasteiger partial charge >= 0.3 is 5.63 Å². The van der Waals surface area contributed by atoms with E-state index < -0.39 is 0 Å². The van der Waals surface area contributed by atoms with Crippen LogP contribution < -0.4 is 5.63 Å². The first-order chi connectivity index (χ1) is 12.5. The Balaban J connectivity index is 1.78. The number of pyridine rings is 1. The highest BCUT2D eigenvalue weighted by Crippen LogP contribution is 2.38. The minimum atomic E-state index is -0.338. The zero-order valence-corrected chi connectivity index (χ0v) is 15.5. The van der Waals surface area contributed by atoms with Gasteiger partial charge in [0.2, 0.25) is 5.89 Å². The number of nitrogens with zero attached hydrogens (tertiary/aromatic N) is 2. The van der Waals surface area contributed by atoms with Gasteiger partial charge in [0.1, 0.15) is 15.0 Å². The molecule has 130 valence electrons. The van der Waals surface area contributed by atoms with Crippen molar-refractivity contribution in [1.29, 1.82) is 0 Å². The summed E-state index contributed by atoms with van der Waals surface area (Å²) in [5.74, 6) is 0.362. The Kier molecular flexibility index (Phi) is 3.31. The van der Waals surface area contributed by atoms with Crippen LogP contribution >= 0.6 is 11.3 Å². The molecule has 1 aliphatic rings. The van der Waals surface area contributed by atoms with Crippen molar-refractivity contribution in [1.82, 2.24) is 9.97 Å². The molecule has 4 nitrogen and oxygen atoms in total. The Morgan fingerprint density at radius 1 is 1.15 bits per heavy atom. The minimum absolute atomic E-state index is 0.288. The van der Waals surface area contributed by atoms with Gasteiger partial charge in [0.15, 0.2) is 0 Å². The molecule has 5 heteroatoms. The molecule has 1 aliphatic carbocycles. The predicted octanol–water partition coefficient (Wildman–Crippen LogP) is 4.98. The molecule has 3 heterocycles. The minimum Gasteiger partial charge on any atom is -0.403 e. The zero-order chi connectivity index (χ0) is 17.9. The maximum absolute atomic E-state index is 12.5. The first-order valence-corrected chi connectivity index (χ1v) is 9.63. The van der Waals surface area contributed by atoms with Crippen LogP contribution in [0.1, 0.15) is 31.5 Å². The lowest BCUT2D eigenvalue weighted by Crippen LogP contribution is -2.22. The van der Waals surface area contributed by atoms with Crippen LogP contribution in [0.3, 0.4) is 0 Å². The fourth-order valence-electron chi connectivity index (χ4n) is 3.73. The molecule has 0 aliphatic heterocycles. The number of benzene rings is 1. The Hall–Kier alpha value is -2.53. The first-order valence-electron chi connectivity index (χ1n) is 8.82. The molecule has 0 N–H and O–H groups in total. The van der Waals surface area contributed by atoms with Crippen molar-refractivity contribution in [2.24, 2.45) is 5.41 Å².